The van der Waals surface area contributed by atoms with Crippen molar-refractivity contribution in [2.75, 3.05) is 6.54 Å². The molecular weight excluding hydrogens is 324 g/mol. The van der Waals surface area contributed by atoms with E-state index in [-0.39, 0.29) is 11.8 Å². The SMILES string of the molecule is O=C(O)C1C2CCCC2CN1C(=O)c1ccnc(Br)c1. The van der Waals surface area contributed by atoms with Crippen LogP contribution in [0.15, 0.2) is 22.9 Å². The van der Waals surface area contributed by atoms with Crippen molar-refractivity contribution in [2.24, 2.45) is 11.8 Å². The summed E-state index contributed by atoms with van der Waals surface area (Å²) in [7, 11) is 0. The van der Waals surface area contributed by atoms with Crippen molar-refractivity contribution in [1.82, 2.24) is 9.88 Å². The smallest absolute Gasteiger partial charge is 0.326 e. The normalized spacial score (nSPS) is 28.4. The highest BCUT2D eigenvalue weighted by molar-refractivity contribution is 9.10. The Labute approximate surface area is 125 Å². The molecule has 106 valence electrons. The molecule has 1 saturated heterocycles. The number of carboxylic acid groups (broad SMARTS) is 1. The molecule has 3 rings (SSSR count). The summed E-state index contributed by atoms with van der Waals surface area (Å²) in [5.41, 5.74) is 0.484. The molecule has 3 atom stereocenters. The minimum Gasteiger partial charge on any atom is -0.480 e. The van der Waals surface area contributed by atoms with E-state index in [1.165, 1.54) is 4.90 Å². The first-order valence-electron chi connectivity index (χ1n) is 6.73. The van der Waals surface area contributed by atoms with Crippen LogP contribution in [-0.2, 0) is 4.79 Å². The number of likely N-dealkylation sites (tertiary alicyclic amines) is 1. The second-order valence-corrected chi connectivity index (χ2v) is 6.28. The van der Waals surface area contributed by atoms with Gasteiger partial charge in [0.1, 0.15) is 10.6 Å². The van der Waals surface area contributed by atoms with E-state index < -0.39 is 12.0 Å². The number of carboxylic acids is 1. The first-order valence-corrected chi connectivity index (χ1v) is 7.52. The summed E-state index contributed by atoms with van der Waals surface area (Å²) >= 11 is 3.23. The zero-order valence-electron chi connectivity index (χ0n) is 10.8. The van der Waals surface area contributed by atoms with E-state index in [0.29, 0.717) is 22.6 Å². The van der Waals surface area contributed by atoms with Gasteiger partial charge in [-0.05, 0) is 52.7 Å². The summed E-state index contributed by atoms with van der Waals surface area (Å²) in [5, 5.41) is 9.47. The fraction of sp³-hybridized carbons (Fsp3) is 0.500. The zero-order chi connectivity index (χ0) is 14.3. The van der Waals surface area contributed by atoms with Gasteiger partial charge < -0.3 is 10.0 Å². The molecule has 0 spiro atoms. The van der Waals surface area contributed by atoms with Crippen LogP contribution in [0.3, 0.4) is 0 Å². The number of carbonyl (C=O) groups is 2. The fourth-order valence-corrected chi connectivity index (χ4v) is 3.90. The largest absolute Gasteiger partial charge is 0.480 e. The maximum absolute atomic E-state index is 12.6. The van der Waals surface area contributed by atoms with Crippen molar-refractivity contribution in [1.29, 1.82) is 0 Å². The van der Waals surface area contributed by atoms with Gasteiger partial charge in [-0.25, -0.2) is 9.78 Å². The molecule has 1 aliphatic carbocycles. The van der Waals surface area contributed by atoms with Crippen molar-refractivity contribution >= 4 is 27.8 Å². The molecule has 1 aromatic heterocycles. The Morgan fingerprint density at radius 3 is 2.90 bits per heavy atom. The quantitative estimate of drug-likeness (QED) is 0.839. The van der Waals surface area contributed by atoms with Crippen molar-refractivity contribution in [3.05, 3.63) is 28.5 Å². The molecule has 3 unspecified atom stereocenters. The van der Waals surface area contributed by atoms with Gasteiger partial charge in [-0.3, -0.25) is 4.79 Å². The minimum atomic E-state index is -0.888. The van der Waals surface area contributed by atoms with E-state index >= 15 is 0 Å². The summed E-state index contributed by atoms with van der Waals surface area (Å²) < 4.78 is 0.578. The van der Waals surface area contributed by atoms with Crippen molar-refractivity contribution in [3.63, 3.8) is 0 Å². The summed E-state index contributed by atoms with van der Waals surface area (Å²) in [6.45, 7) is 0.556. The van der Waals surface area contributed by atoms with E-state index in [1.54, 1.807) is 18.3 Å². The van der Waals surface area contributed by atoms with Crippen LogP contribution in [0, 0.1) is 11.8 Å². The molecule has 2 aliphatic rings. The highest BCUT2D eigenvalue weighted by atomic mass is 79.9. The monoisotopic (exact) mass is 338 g/mol. The molecule has 2 heterocycles. The standard InChI is InChI=1S/C14H15BrN2O3/c15-11-6-8(4-5-16-11)13(18)17-7-9-2-1-3-10(9)12(17)14(19)20/h4-6,9-10,12H,1-3,7H2,(H,19,20). The molecular formula is C14H15BrN2O3. The van der Waals surface area contributed by atoms with E-state index in [0.717, 1.165) is 19.3 Å². The Hall–Kier alpha value is -1.43. The lowest BCUT2D eigenvalue weighted by molar-refractivity contribution is -0.142. The number of hydrogen-bond donors (Lipinski definition) is 1. The van der Waals surface area contributed by atoms with E-state index in [9.17, 15) is 14.7 Å². The number of pyridine rings is 1. The van der Waals surface area contributed by atoms with Gasteiger partial charge in [0.05, 0.1) is 0 Å². The van der Waals surface area contributed by atoms with Crippen LogP contribution in [0.5, 0.6) is 0 Å². The number of amides is 1. The first-order chi connectivity index (χ1) is 9.58. The number of nitrogens with zero attached hydrogens (tertiary/aromatic N) is 2. The third-order valence-electron chi connectivity index (χ3n) is 4.38. The van der Waals surface area contributed by atoms with Crippen LogP contribution in [0.1, 0.15) is 29.6 Å². The lowest BCUT2D eigenvalue weighted by Gasteiger charge is -2.24. The maximum Gasteiger partial charge on any atom is 0.326 e. The molecule has 6 heteroatoms. The molecule has 1 amide bonds. The Bertz CT molecular complexity index is 563. The summed E-state index contributed by atoms with van der Waals surface area (Å²) in [6.07, 6.45) is 4.55. The van der Waals surface area contributed by atoms with E-state index in [4.69, 9.17) is 0 Å². The number of aliphatic carboxylic acids is 1. The topological polar surface area (TPSA) is 70.5 Å². The third kappa shape index (κ3) is 2.22. The first kappa shape index (κ1) is 13.5. The molecule has 0 bridgehead atoms. The van der Waals surface area contributed by atoms with Crippen LogP contribution in [0.2, 0.25) is 0 Å². The van der Waals surface area contributed by atoms with Gasteiger partial charge in [0.15, 0.2) is 0 Å². The van der Waals surface area contributed by atoms with Crippen molar-refractivity contribution in [3.8, 4) is 0 Å². The molecule has 2 fully saturated rings. The van der Waals surface area contributed by atoms with Gasteiger partial charge >= 0.3 is 5.97 Å². The predicted octanol–water partition coefficient (Wildman–Crippen LogP) is 2.17. The summed E-state index contributed by atoms with van der Waals surface area (Å²) in [4.78, 5) is 29.6. The highest BCUT2D eigenvalue weighted by Crippen LogP contribution is 2.42. The summed E-state index contributed by atoms with van der Waals surface area (Å²) in [5.74, 6) is -0.650. The van der Waals surface area contributed by atoms with E-state index in [2.05, 4.69) is 20.9 Å². The molecule has 0 radical (unpaired) electrons. The van der Waals surface area contributed by atoms with Gasteiger partial charge in [-0.1, -0.05) is 6.42 Å². The number of fused-ring (bicyclic) bond motifs is 1. The molecule has 1 saturated carbocycles. The van der Waals surface area contributed by atoms with Gasteiger partial charge in [-0.15, -0.1) is 0 Å². The predicted molar refractivity (Wildman–Crippen MR) is 75.2 cm³/mol. The summed E-state index contributed by atoms with van der Waals surface area (Å²) in [6, 6.07) is 2.58. The molecule has 20 heavy (non-hydrogen) atoms. The third-order valence-corrected chi connectivity index (χ3v) is 4.81. The molecule has 0 aromatic carbocycles. The Kier molecular flexibility index (Phi) is 3.50. The van der Waals surface area contributed by atoms with Gasteiger partial charge in [0.2, 0.25) is 0 Å². The lowest BCUT2D eigenvalue weighted by atomic mass is 9.94. The van der Waals surface area contributed by atoms with Crippen molar-refractivity contribution in [2.45, 2.75) is 25.3 Å². The van der Waals surface area contributed by atoms with Gasteiger partial charge in [0.25, 0.3) is 5.91 Å². The minimum absolute atomic E-state index is 0.113. The van der Waals surface area contributed by atoms with Crippen LogP contribution < -0.4 is 0 Å². The van der Waals surface area contributed by atoms with Gasteiger partial charge in [-0.2, -0.15) is 0 Å². The number of carbonyl (C=O) groups excluding carboxylic acids is 1. The average Bonchev–Trinajstić information content (AvgIpc) is 2.96. The highest BCUT2D eigenvalue weighted by Gasteiger charge is 2.49. The van der Waals surface area contributed by atoms with Gasteiger partial charge in [0, 0.05) is 18.3 Å². The molecule has 5 nitrogen and oxygen atoms in total. The van der Waals surface area contributed by atoms with Crippen LogP contribution in [0.4, 0.5) is 0 Å². The Morgan fingerprint density at radius 2 is 2.20 bits per heavy atom. The lowest BCUT2D eigenvalue weighted by Crippen LogP contribution is -2.43. The van der Waals surface area contributed by atoms with Crippen molar-refractivity contribution < 1.29 is 14.7 Å². The Morgan fingerprint density at radius 1 is 1.40 bits per heavy atom. The molecule has 1 aromatic rings. The number of halogens is 1. The van der Waals surface area contributed by atoms with Crippen LogP contribution in [0.25, 0.3) is 0 Å². The second-order valence-electron chi connectivity index (χ2n) is 5.46. The number of aromatic nitrogens is 1. The molecule has 1 aliphatic heterocycles. The fourth-order valence-electron chi connectivity index (χ4n) is 3.53. The van der Waals surface area contributed by atoms with E-state index in [1.807, 2.05) is 0 Å². The van der Waals surface area contributed by atoms with Crippen LogP contribution in [-0.4, -0.2) is 39.5 Å². The maximum atomic E-state index is 12.6. The number of rotatable bonds is 2. The average molecular weight is 339 g/mol. The Balaban J connectivity index is 1.89. The zero-order valence-corrected chi connectivity index (χ0v) is 12.4. The number of hydrogen-bond acceptors (Lipinski definition) is 3. The van der Waals surface area contributed by atoms with Crippen LogP contribution >= 0.6 is 15.9 Å². The molecule has 1 N–H and O–H groups in total. The second kappa shape index (κ2) is 5.16.